The second-order valence-corrected chi connectivity index (χ2v) is 5.51. The molecule has 1 aromatic rings. The molecule has 78 valence electrons. The molecular weight excluding hydrogens is 196 g/mol. The second kappa shape index (κ2) is 4.34. The molecule has 0 radical (unpaired) electrons. The van der Waals surface area contributed by atoms with Crippen LogP contribution < -0.4 is 0 Å². The van der Waals surface area contributed by atoms with Crippen molar-refractivity contribution in [2.24, 2.45) is 0 Å². The molecule has 0 bridgehead atoms. The molecule has 1 atom stereocenters. The lowest BCUT2D eigenvalue weighted by atomic mass is 10.4. The number of thioether (sulfide) groups is 1. The van der Waals surface area contributed by atoms with Crippen LogP contribution in [-0.4, -0.2) is 15.4 Å². The third-order valence-electron chi connectivity index (χ3n) is 2.59. The van der Waals surface area contributed by atoms with Crippen molar-refractivity contribution in [3.8, 4) is 0 Å². The largest absolute Gasteiger partial charge is 0.338 e. The highest BCUT2D eigenvalue weighted by Crippen LogP contribution is 2.38. The van der Waals surface area contributed by atoms with E-state index in [0.717, 1.165) is 17.0 Å². The summed E-state index contributed by atoms with van der Waals surface area (Å²) < 4.78 is 5.15. The van der Waals surface area contributed by atoms with Gasteiger partial charge in [-0.05, 0) is 26.7 Å². The first-order valence-electron chi connectivity index (χ1n) is 5.21. The van der Waals surface area contributed by atoms with E-state index < -0.39 is 0 Å². The van der Waals surface area contributed by atoms with Crippen molar-refractivity contribution in [1.82, 2.24) is 10.1 Å². The van der Waals surface area contributed by atoms with Crippen molar-refractivity contribution in [3.05, 3.63) is 11.7 Å². The minimum absolute atomic E-state index is 0.347. The van der Waals surface area contributed by atoms with Crippen LogP contribution in [0, 0.1) is 6.92 Å². The maximum atomic E-state index is 5.15. The van der Waals surface area contributed by atoms with Crippen LogP contribution in [-0.2, 0) is 0 Å². The Labute approximate surface area is 88.7 Å². The molecular formula is C10H16N2OS. The second-order valence-electron chi connectivity index (χ2n) is 3.86. The number of nitrogens with zero attached hydrogens (tertiary/aromatic N) is 2. The number of aromatic nitrogens is 2. The van der Waals surface area contributed by atoms with Crippen LogP contribution in [0.5, 0.6) is 0 Å². The molecule has 1 saturated carbocycles. The Morgan fingerprint density at radius 2 is 2.14 bits per heavy atom. The Hall–Kier alpha value is -0.510. The van der Waals surface area contributed by atoms with E-state index in [-0.39, 0.29) is 0 Å². The van der Waals surface area contributed by atoms with E-state index in [1.807, 2.05) is 18.7 Å². The van der Waals surface area contributed by atoms with E-state index in [2.05, 4.69) is 17.1 Å². The Morgan fingerprint density at radius 3 is 2.71 bits per heavy atom. The summed E-state index contributed by atoms with van der Waals surface area (Å²) in [6.07, 6.45) is 5.46. The van der Waals surface area contributed by atoms with Gasteiger partial charge < -0.3 is 4.52 Å². The summed E-state index contributed by atoms with van der Waals surface area (Å²) in [4.78, 5) is 4.25. The summed E-state index contributed by atoms with van der Waals surface area (Å²) in [6, 6.07) is 0. The molecule has 3 nitrogen and oxygen atoms in total. The Morgan fingerprint density at radius 1 is 1.43 bits per heavy atom. The van der Waals surface area contributed by atoms with Crippen LogP contribution in [0.15, 0.2) is 4.52 Å². The molecule has 1 aromatic heterocycles. The molecule has 2 rings (SSSR count). The van der Waals surface area contributed by atoms with Gasteiger partial charge in [0, 0.05) is 5.25 Å². The zero-order valence-electron chi connectivity index (χ0n) is 8.69. The van der Waals surface area contributed by atoms with Gasteiger partial charge in [-0.2, -0.15) is 4.98 Å². The molecule has 14 heavy (non-hydrogen) atoms. The Balaban J connectivity index is 1.91. The fourth-order valence-electron chi connectivity index (χ4n) is 1.85. The van der Waals surface area contributed by atoms with E-state index in [1.165, 1.54) is 25.7 Å². The minimum Gasteiger partial charge on any atom is -0.338 e. The fourth-order valence-corrected chi connectivity index (χ4v) is 3.24. The van der Waals surface area contributed by atoms with Gasteiger partial charge in [-0.1, -0.05) is 18.0 Å². The number of hydrogen-bond acceptors (Lipinski definition) is 4. The van der Waals surface area contributed by atoms with Gasteiger partial charge in [-0.3, -0.25) is 0 Å². The molecule has 1 heterocycles. The van der Waals surface area contributed by atoms with Crippen LogP contribution in [0.2, 0.25) is 0 Å². The number of rotatable bonds is 3. The summed E-state index contributed by atoms with van der Waals surface area (Å²) in [7, 11) is 0. The van der Waals surface area contributed by atoms with Crippen LogP contribution in [0.25, 0.3) is 0 Å². The molecule has 4 heteroatoms. The monoisotopic (exact) mass is 212 g/mol. The van der Waals surface area contributed by atoms with Gasteiger partial charge in [0.05, 0.1) is 5.25 Å². The first-order chi connectivity index (χ1) is 6.75. The summed E-state index contributed by atoms with van der Waals surface area (Å²) >= 11 is 1.98. The first kappa shape index (κ1) is 10.0. The topological polar surface area (TPSA) is 38.9 Å². The molecule has 0 saturated heterocycles. The summed E-state index contributed by atoms with van der Waals surface area (Å²) in [6.45, 7) is 4.01. The highest BCUT2D eigenvalue weighted by atomic mass is 32.2. The first-order valence-corrected chi connectivity index (χ1v) is 6.15. The quantitative estimate of drug-likeness (QED) is 0.771. The lowest BCUT2D eigenvalue weighted by molar-refractivity contribution is 0.376. The summed E-state index contributed by atoms with van der Waals surface area (Å²) in [5.41, 5.74) is 0. The molecule has 0 amide bonds. The van der Waals surface area contributed by atoms with E-state index in [0.29, 0.717) is 5.25 Å². The molecule has 0 N–H and O–H groups in total. The van der Waals surface area contributed by atoms with E-state index in [1.54, 1.807) is 0 Å². The predicted molar refractivity (Wildman–Crippen MR) is 57.3 cm³/mol. The third kappa shape index (κ3) is 2.29. The minimum atomic E-state index is 0.347. The van der Waals surface area contributed by atoms with E-state index in [9.17, 15) is 0 Å². The standard InChI is InChI=1S/C10H16N2OS/c1-7(10-11-8(2)12-13-10)14-9-5-3-4-6-9/h7,9H,3-6H2,1-2H3/t7-/m0/s1. The predicted octanol–water partition coefficient (Wildman–Crippen LogP) is 3.11. The summed E-state index contributed by atoms with van der Waals surface area (Å²) in [5, 5.41) is 4.96. The van der Waals surface area contributed by atoms with Gasteiger partial charge >= 0.3 is 0 Å². The van der Waals surface area contributed by atoms with Gasteiger partial charge in [0.2, 0.25) is 5.89 Å². The average molecular weight is 212 g/mol. The van der Waals surface area contributed by atoms with Gasteiger partial charge in [0.15, 0.2) is 5.82 Å². The molecule has 0 aliphatic heterocycles. The van der Waals surface area contributed by atoms with Crippen molar-refractivity contribution in [2.45, 2.75) is 50.0 Å². The highest BCUT2D eigenvalue weighted by Gasteiger charge is 2.21. The van der Waals surface area contributed by atoms with Crippen molar-refractivity contribution in [3.63, 3.8) is 0 Å². The van der Waals surface area contributed by atoms with Crippen molar-refractivity contribution < 1.29 is 4.52 Å². The highest BCUT2D eigenvalue weighted by molar-refractivity contribution is 8.00. The number of aryl methyl sites for hydroxylation is 1. The zero-order chi connectivity index (χ0) is 9.97. The van der Waals surface area contributed by atoms with Crippen molar-refractivity contribution >= 4 is 11.8 Å². The van der Waals surface area contributed by atoms with Gasteiger partial charge in [0.25, 0.3) is 0 Å². The summed E-state index contributed by atoms with van der Waals surface area (Å²) in [5.74, 6) is 1.51. The normalized spacial score (nSPS) is 20.1. The van der Waals surface area contributed by atoms with Gasteiger partial charge in [-0.15, -0.1) is 11.8 Å². The Bertz CT molecular complexity index is 294. The Kier molecular flexibility index (Phi) is 3.11. The number of hydrogen-bond donors (Lipinski definition) is 0. The van der Waals surface area contributed by atoms with Crippen LogP contribution in [0.1, 0.15) is 49.6 Å². The van der Waals surface area contributed by atoms with E-state index >= 15 is 0 Å². The molecule has 0 spiro atoms. The lowest BCUT2D eigenvalue weighted by Gasteiger charge is -2.11. The molecule has 1 aliphatic rings. The molecule has 1 fully saturated rings. The van der Waals surface area contributed by atoms with Crippen molar-refractivity contribution in [1.29, 1.82) is 0 Å². The maximum Gasteiger partial charge on any atom is 0.239 e. The van der Waals surface area contributed by atoms with E-state index in [4.69, 9.17) is 4.52 Å². The van der Waals surface area contributed by atoms with Crippen molar-refractivity contribution in [2.75, 3.05) is 0 Å². The lowest BCUT2D eigenvalue weighted by Crippen LogP contribution is -1.99. The molecule has 1 aliphatic carbocycles. The van der Waals surface area contributed by atoms with Gasteiger partial charge in [-0.25, -0.2) is 0 Å². The maximum absolute atomic E-state index is 5.15. The van der Waals surface area contributed by atoms with Crippen LogP contribution in [0.4, 0.5) is 0 Å². The smallest absolute Gasteiger partial charge is 0.239 e. The van der Waals surface area contributed by atoms with Crippen LogP contribution in [0.3, 0.4) is 0 Å². The SMILES string of the molecule is Cc1noc([C@H](C)SC2CCCC2)n1. The zero-order valence-corrected chi connectivity index (χ0v) is 9.51. The van der Waals surface area contributed by atoms with Gasteiger partial charge in [0.1, 0.15) is 0 Å². The molecule has 0 aromatic carbocycles. The fraction of sp³-hybridized carbons (Fsp3) is 0.800. The average Bonchev–Trinajstić information content (AvgIpc) is 2.75. The van der Waals surface area contributed by atoms with Crippen LogP contribution >= 0.6 is 11.8 Å². The molecule has 0 unspecified atom stereocenters. The third-order valence-corrected chi connectivity index (χ3v) is 4.06.